The Morgan fingerprint density at radius 2 is 2.29 bits per heavy atom. The van der Waals surface area contributed by atoms with Gasteiger partial charge in [0.1, 0.15) is 5.82 Å². The Hall–Kier alpha value is -1.82. The third-order valence-electron chi connectivity index (χ3n) is 2.34. The van der Waals surface area contributed by atoms with Gasteiger partial charge in [-0.05, 0) is 29.3 Å². The summed E-state index contributed by atoms with van der Waals surface area (Å²) in [5.41, 5.74) is 6.80. The van der Waals surface area contributed by atoms with Gasteiger partial charge in [-0.3, -0.25) is 0 Å². The highest BCUT2D eigenvalue weighted by atomic mass is 32.1. The molecule has 1 atom stereocenters. The van der Waals surface area contributed by atoms with E-state index in [1.54, 1.807) is 24.5 Å². The van der Waals surface area contributed by atoms with Crippen LogP contribution in [-0.2, 0) is 0 Å². The second-order valence-electron chi connectivity index (χ2n) is 3.58. The molecule has 0 radical (unpaired) electrons. The molecule has 1 unspecified atom stereocenters. The van der Waals surface area contributed by atoms with Crippen LogP contribution in [0.2, 0.25) is 0 Å². The fourth-order valence-electron chi connectivity index (χ4n) is 1.45. The lowest BCUT2D eigenvalue weighted by Crippen LogP contribution is -2.09. The van der Waals surface area contributed by atoms with Gasteiger partial charge in [0.2, 0.25) is 11.8 Å². The number of nitrogen functional groups attached to an aromatic ring is 1. The largest absolute Gasteiger partial charge is 0.481 e. The molecule has 0 aliphatic heterocycles. The molecule has 0 fully saturated rings. The smallest absolute Gasteiger partial charge is 0.225 e. The molecule has 3 N–H and O–H groups in total. The van der Waals surface area contributed by atoms with Crippen molar-refractivity contribution < 1.29 is 4.74 Å². The van der Waals surface area contributed by atoms with Crippen LogP contribution in [0, 0.1) is 0 Å². The summed E-state index contributed by atoms with van der Waals surface area (Å²) in [5, 5.41) is 7.40. The van der Waals surface area contributed by atoms with Crippen LogP contribution in [0.3, 0.4) is 0 Å². The Kier molecular flexibility index (Phi) is 3.43. The molecule has 2 aromatic rings. The average Bonchev–Trinajstić information content (AvgIpc) is 2.81. The second kappa shape index (κ2) is 5.01. The van der Waals surface area contributed by atoms with Gasteiger partial charge < -0.3 is 15.8 Å². The van der Waals surface area contributed by atoms with Crippen LogP contribution in [0.1, 0.15) is 18.5 Å². The van der Waals surface area contributed by atoms with Crippen molar-refractivity contribution in [1.82, 2.24) is 9.97 Å². The zero-order chi connectivity index (χ0) is 12.3. The minimum atomic E-state index is 0.167. The van der Waals surface area contributed by atoms with Gasteiger partial charge in [-0.15, -0.1) is 0 Å². The van der Waals surface area contributed by atoms with Gasteiger partial charge in [-0.25, -0.2) is 0 Å². The zero-order valence-electron chi connectivity index (χ0n) is 9.68. The second-order valence-corrected chi connectivity index (χ2v) is 4.36. The van der Waals surface area contributed by atoms with E-state index in [1.807, 2.05) is 5.38 Å². The predicted octanol–water partition coefficient (Wildman–Crippen LogP) is 2.30. The van der Waals surface area contributed by atoms with Gasteiger partial charge in [0.15, 0.2) is 0 Å². The molecule has 0 saturated heterocycles. The molecule has 2 rings (SSSR count). The van der Waals surface area contributed by atoms with E-state index < -0.39 is 0 Å². The first-order chi connectivity index (χ1) is 8.19. The first-order valence-corrected chi connectivity index (χ1v) is 6.10. The number of aromatic nitrogens is 2. The molecular formula is C11H14N4OS. The van der Waals surface area contributed by atoms with Crippen LogP contribution in [-0.4, -0.2) is 17.1 Å². The highest BCUT2D eigenvalue weighted by Crippen LogP contribution is 2.22. The van der Waals surface area contributed by atoms with Crippen molar-refractivity contribution in [3.05, 3.63) is 28.5 Å². The number of hydrogen-bond acceptors (Lipinski definition) is 6. The number of hydrogen-bond donors (Lipinski definition) is 2. The third kappa shape index (κ3) is 2.85. The summed E-state index contributed by atoms with van der Waals surface area (Å²) in [6.45, 7) is 2.06. The highest BCUT2D eigenvalue weighted by Gasteiger charge is 2.08. The monoisotopic (exact) mass is 250 g/mol. The minimum Gasteiger partial charge on any atom is -0.481 e. The Morgan fingerprint density at radius 1 is 1.47 bits per heavy atom. The maximum Gasteiger partial charge on any atom is 0.225 e. The molecule has 0 amide bonds. The van der Waals surface area contributed by atoms with Gasteiger partial charge in [0.05, 0.1) is 13.2 Å². The highest BCUT2D eigenvalue weighted by molar-refractivity contribution is 7.07. The summed E-state index contributed by atoms with van der Waals surface area (Å²) in [7, 11) is 1.55. The first-order valence-electron chi connectivity index (χ1n) is 5.16. The van der Waals surface area contributed by atoms with Gasteiger partial charge in [-0.2, -0.15) is 21.3 Å². The summed E-state index contributed by atoms with van der Waals surface area (Å²) in [6.07, 6.45) is 0. The first kappa shape index (κ1) is 11.7. The fraction of sp³-hybridized carbons (Fsp3) is 0.273. The third-order valence-corrected chi connectivity index (χ3v) is 3.04. The van der Waals surface area contributed by atoms with Crippen LogP contribution in [0.5, 0.6) is 5.88 Å². The van der Waals surface area contributed by atoms with E-state index in [1.165, 1.54) is 5.56 Å². The lowest BCUT2D eigenvalue weighted by atomic mass is 10.2. The summed E-state index contributed by atoms with van der Waals surface area (Å²) in [6, 6.07) is 3.96. The number of anilines is 2. The van der Waals surface area contributed by atoms with E-state index >= 15 is 0 Å². The predicted molar refractivity (Wildman–Crippen MR) is 69.4 cm³/mol. The molecule has 0 spiro atoms. The summed E-state index contributed by atoms with van der Waals surface area (Å²) in [4.78, 5) is 8.04. The summed E-state index contributed by atoms with van der Waals surface area (Å²) in [5.74, 6) is 1.31. The van der Waals surface area contributed by atoms with E-state index in [0.717, 1.165) is 0 Å². The van der Waals surface area contributed by atoms with Crippen molar-refractivity contribution in [2.45, 2.75) is 13.0 Å². The normalized spacial score (nSPS) is 12.1. The van der Waals surface area contributed by atoms with Gasteiger partial charge in [0.25, 0.3) is 0 Å². The number of nitrogens with two attached hydrogens (primary N) is 1. The summed E-state index contributed by atoms with van der Waals surface area (Å²) < 4.78 is 5.04. The molecule has 17 heavy (non-hydrogen) atoms. The summed E-state index contributed by atoms with van der Waals surface area (Å²) >= 11 is 1.67. The molecule has 0 aliphatic rings. The van der Waals surface area contributed by atoms with E-state index in [-0.39, 0.29) is 12.0 Å². The van der Waals surface area contributed by atoms with Crippen LogP contribution in [0.25, 0.3) is 0 Å². The number of methoxy groups -OCH3 is 1. The van der Waals surface area contributed by atoms with Crippen molar-refractivity contribution in [3.63, 3.8) is 0 Å². The van der Waals surface area contributed by atoms with Crippen molar-refractivity contribution in [2.24, 2.45) is 0 Å². The van der Waals surface area contributed by atoms with Crippen molar-refractivity contribution >= 4 is 23.1 Å². The maximum absolute atomic E-state index is 5.59. The Bertz CT molecular complexity index is 486. The van der Waals surface area contributed by atoms with Crippen LogP contribution < -0.4 is 15.8 Å². The number of nitrogens with zero attached hydrogens (tertiary/aromatic N) is 2. The zero-order valence-corrected chi connectivity index (χ0v) is 10.5. The Morgan fingerprint density at radius 3 is 2.94 bits per heavy atom. The minimum absolute atomic E-state index is 0.167. The molecule has 0 aliphatic carbocycles. The quantitative estimate of drug-likeness (QED) is 0.871. The molecule has 90 valence electrons. The fourth-order valence-corrected chi connectivity index (χ4v) is 2.20. The lowest BCUT2D eigenvalue weighted by molar-refractivity contribution is 0.398. The van der Waals surface area contributed by atoms with E-state index in [4.69, 9.17) is 10.5 Å². The van der Waals surface area contributed by atoms with Crippen molar-refractivity contribution in [1.29, 1.82) is 0 Å². The van der Waals surface area contributed by atoms with Gasteiger partial charge >= 0.3 is 0 Å². The number of nitrogens with one attached hydrogen (secondary N) is 1. The van der Waals surface area contributed by atoms with Gasteiger partial charge in [0, 0.05) is 6.07 Å². The average molecular weight is 250 g/mol. The van der Waals surface area contributed by atoms with E-state index in [0.29, 0.717) is 11.7 Å². The Balaban J connectivity index is 2.15. The van der Waals surface area contributed by atoms with E-state index in [2.05, 4.69) is 33.7 Å². The van der Waals surface area contributed by atoms with Crippen LogP contribution >= 0.6 is 11.3 Å². The molecule has 0 saturated carbocycles. The topological polar surface area (TPSA) is 73.1 Å². The molecule has 0 aromatic carbocycles. The molecular weight excluding hydrogens is 236 g/mol. The van der Waals surface area contributed by atoms with Crippen LogP contribution in [0.15, 0.2) is 22.9 Å². The SMILES string of the molecule is COc1cc(NC(C)c2ccsc2)nc(N)n1. The molecule has 5 nitrogen and oxygen atoms in total. The molecule has 6 heteroatoms. The van der Waals surface area contributed by atoms with Gasteiger partial charge in [-0.1, -0.05) is 0 Å². The molecule has 2 heterocycles. The van der Waals surface area contributed by atoms with E-state index in [9.17, 15) is 0 Å². The number of thiophene rings is 1. The Labute approximate surface area is 104 Å². The molecule has 0 bridgehead atoms. The maximum atomic E-state index is 5.59. The number of rotatable bonds is 4. The number of ether oxygens (including phenoxy) is 1. The van der Waals surface area contributed by atoms with Crippen molar-refractivity contribution in [2.75, 3.05) is 18.2 Å². The molecule has 2 aromatic heterocycles. The van der Waals surface area contributed by atoms with Crippen molar-refractivity contribution in [3.8, 4) is 5.88 Å². The van der Waals surface area contributed by atoms with Crippen LogP contribution in [0.4, 0.5) is 11.8 Å². The standard InChI is InChI=1S/C11H14N4OS/c1-7(8-3-4-17-6-8)13-9-5-10(16-2)15-11(12)14-9/h3-7H,1-2H3,(H3,12,13,14,15). The lowest BCUT2D eigenvalue weighted by Gasteiger charge is -2.13.